The van der Waals surface area contributed by atoms with Gasteiger partial charge in [0.15, 0.2) is 11.5 Å². The van der Waals surface area contributed by atoms with Crippen LogP contribution in [-0.2, 0) is 22.4 Å². The molecule has 4 rings (SSSR count). The second-order valence-corrected chi connectivity index (χ2v) is 9.39. The highest BCUT2D eigenvalue weighted by Crippen LogP contribution is 2.50. The van der Waals surface area contributed by atoms with Gasteiger partial charge in [-0.2, -0.15) is 0 Å². The van der Waals surface area contributed by atoms with Crippen LogP contribution >= 0.6 is 0 Å². The lowest BCUT2D eigenvalue weighted by atomic mass is 9.95. The van der Waals surface area contributed by atoms with Crippen LogP contribution in [0.25, 0.3) is 11.1 Å². The van der Waals surface area contributed by atoms with Gasteiger partial charge in [-0.25, -0.2) is 0 Å². The zero-order valence-electron chi connectivity index (χ0n) is 20.9. The van der Waals surface area contributed by atoms with Crippen molar-refractivity contribution in [2.24, 2.45) is 0 Å². The Morgan fingerprint density at radius 2 is 1.59 bits per heavy atom. The lowest BCUT2D eigenvalue weighted by Crippen LogP contribution is -2.60. The number of carbonyl (C=O) groups excluding carboxylic acids is 1. The summed E-state index contributed by atoms with van der Waals surface area (Å²) < 4.78 is 23.0. The van der Waals surface area contributed by atoms with Gasteiger partial charge in [0.2, 0.25) is 12.0 Å². The summed E-state index contributed by atoms with van der Waals surface area (Å²) in [6, 6.07) is 6.99. The number of ether oxygens (including phenoxy) is 4. The number of fused-ring (bicyclic) bond motifs is 5. The second-order valence-electron chi connectivity index (χ2n) is 9.39. The third kappa shape index (κ3) is 5.53. The van der Waals surface area contributed by atoms with Gasteiger partial charge in [0.25, 0.3) is 0 Å². The van der Waals surface area contributed by atoms with E-state index in [9.17, 15) is 30.3 Å². The molecule has 0 aromatic heterocycles. The molecule has 202 valence electrons. The Morgan fingerprint density at radius 1 is 0.865 bits per heavy atom. The van der Waals surface area contributed by atoms with Crippen LogP contribution in [0, 0.1) is 0 Å². The molecule has 10 nitrogen and oxygen atoms in total. The molecule has 0 radical (unpaired) electrons. The Kier molecular flexibility index (Phi) is 8.56. The highest BCUT2D eigenvalue weighted by atomic mass is 16.7. The number of phenolic OH excluding ortho intramolecular Hbond substituents is 1. The molecule has 2 aromatic carbocycles. The molecule has 2 aliphatic rings. The fourth-order valence-corrected chi connectivity index (χ4v) is 4.86. The van der Waals surface area contributed by atoms with Crippen molar-refractivity contribution in [2.45, 2.75) is 69.2 Å². The molecule has 4 bridgehead atoms. The minimum atomic E-state index is -1.62. The Labute approximate surface area is 215 Å². The summed E-state index contributed by atoms with van der Waals surface area (Å²) >= 11 is 0. The molecule has 37 heavy (non-hydrogen) atoms. The molecule has 0 spiro atoms. The van der Waals surface area contributed by atoms with E-state index in [0.29, 0.717) is 55.2 Å². The van der Waals surface area contributed by atoms with E-state index in [-0.39, 0.29) is 28.8 Å². The molecule has 1 heterocycles. The van der Waals surface area contributed by atoms with Crippen LogP contribution in [0.2, 0.25) is 0 Å². The number of aliphatic hydroxyl groups excluding tert-OH is 4. The molecule has 1 saturated heterocycles. The van der Waals surface area contributed by atoms with Gasteiger partial charge in [-0.15, -0.1) is 0 Å². The van der Waals surface area contributed by atoms with E-state index in [1.54, 1.807) is 18.2 Å². The molecule has 5 N–H and O–H groups in total. The Bertz CT molecular complexity index is 1110. The van der Waals surface area contributed by atoms with Crippen LogP contribution in [0.3, 0.4) is 0 Å². The van der Waals surface area contributed by atoms with Crippen molar-refractivity contribution in [1.29, 1.82) is 0 Å². The number of rotatable bonds is 5. The Hall–Kier alpha value is -2.89. The van der Waals surface area contributed by atoms with Gasteiger partial charge in [0.1, 0.15) is 35.9 Å². The van der Waals surface area contributed by atoms with Gasteiger partial charge in [-0.05, 0) is 55.0 Å². The molecular weight excluding hydrogens is 484 g/mol. The molecule has 1 aliphatic heterocycles. The molecule has 1 fully saturated rings. The third-order valence-corrected chi connectivity index (χ3v) is 6.95. The van der Waals surface area contributed by atoms with Gasteiger partial charge in [0, 0.05) is 24.0 Å². The standard InChI is InChI=1S/C27H34O10/c1-34-25-18-12-15(5-3-4-6-16(29)9-7-14-8-10-19(30)17(18)11-14)24(26(25)35-2)37-27-23(33)22(32)21(31)20(13-28)36-27/h8,10-12,20-23,27-28,30-33H,3-7,9,13H2,1-2H3/t20-,21-,22+,23-,27+/m1/s1. The maximum Gasteiger partial charge on any atom is 0.229 e. The minimum absolute atomic E-state index is 0.0267. The summed E-state index contributed by atoms with van der Waals surface area (Å²) in [4.78, 5) is 12.4. The van der Waals surface area contributed by atoms with Crippen molar-refractivity contribution in [1.82, 2.24) is 0 Å². The molecule has 1 aliphatic carbocycles. The molecular formula is C27H34O10. The van der Waals surface area contributed by atoms with E-state index in [0.717, 1.165) is 5.56 Å². The van der Waals surface area contributed by atoms with Crippen LogP contribution in [0.15, 0.2) is 24.3 Å². The summed E-state index contributed by atoms with van der Waals surface area (Å²) in [5, 5.41) is 51.2. The summed E-state index contributed by atoms with van der Waals surface area (Å²) in [5.74, 6) is 0.823. The second kappa shape index (κ2) is 11.7. The molecule has 0 amide bonds. The quantitative estimate of drug-likeness (QED) is 0.393. The van der Waals surface area contributed by atoms with Crippen molar-refractivity contribution in [2.75, 3.05) is 20.8 Å². The van der Waals surface area contributed by atoms with E-state index >= 15 is 0 Å². The molecule has 5 atom stereocenters. The van der Waals surface area contributed by atoms with E-state index in [2.05, 4.69) is 0 Å². The number of Topliss-reactive ketones (excluding diaryl/α,β-unsaturated/α-hetero) is 1. The predicted octanol–water partition coefficient (Wildman–Crippen LogP) is 1.48. The van der Waals surface area contributed by atoms with Gasteiger partial charge in [-0.1, -0.05) is 6.07 Å². The number of aryl methyl sites for hydroxylation is 2. The van der Waals surface area contributed by atoms with Gasteiger partial charge >= 0.3 is 0 Å². The Morgan fingerprint density at radius 3 is 2.30 bits per heavy atom. The summed E-state index contributed by atoms with van der Waals surface area (Å²) in [7, 11) is 2.88. The third-order valence-electron chi connectivity index (χ3n) is 6.95. The van der Waals surface area contributed by atoms with E-state index in [1.165, 1.54) is 14.2 Å². The number of phenols is 1. The molecule has 10 heteroatoms. The summed E-state index contributed by atoms with van der Waals surface area (Å²) in [6.07, 6.45) is -4.16. The zero-order chi connectivity index (χ0) is 26.7. The van der Waals surface area contributed by atoms with Crippen molar-refractivity contribution in [3.05, 3.63) is 35.4 Å². The summed E-state index contributed by atoms with van der Waals surface area (Å²) in [5.41, 5.74) is 2.59. The average molecular weight is 519 g/mol. The number of aromatic hydroxyl groups is 1. The largest absolute Gasteiger partial charge is 0.507 e. The first-order valence-electron chi connectivity index (χ1n) is 12.4. The smallest absolute Gasteiger partial charge is 0.229 e. The number of aliphatic hydroxyl groups is 4. The molecule has 0 saturated carbocycles. The molecule has 0 unspecified atom stereocenters. The fourth-order valence-electron chi connectivity index (χ4n) is 4.86. The first-order valence-corrected chi connectivity index (χ1v) is 12.4. The number of methoxy groups -OCH3 is 2. The lowest BCUT2D eigenvalue weighted by molar-refractivity contribution is -0.277. The molecule has 2 aromatic rings. The maximum absolute atomic E-state index is 12.4. The van der Waals surface area contributed by atoms with Crippen LogP contribution in [0.1, 0.15) is 36.8 Å². The normalized spacial score (nSPS) is 26.4. The average Bonchev–Trinajstić information content (AvgIpc) is 2.91. The number of carbonyl (C=O) groups is 1. The fraction of sp³-hybridized carbons (Fsp3) is 0.519. The SMILES string of the molecule is COc1c2cc(c(O[C@@H]3O[C@H](CO)[C@@H](O)[C@H](O)[C@H]3O)c1OC)CCCCC(=O)CCc1ccc(O)c-2c1. The van der Waals surface area contributed by atoms with Crippen molar-refractivity contribution >= 4 is 5.78 Å². The number of hydrogen-bond acceptors (Lipinski definition) is 10. The van der Waals surface area contributed by atoms with Crippen LogP contribution in [0.5, 0.6) is 23.0 Å². The number of benzene rings is 2. The van der Waals surface area contributed by atoms with Crippen LogP contribution in [-0.4, -0.2) is 82.8 Å². The van der Waals surface area contributed by atoms with Crippen molar-refractivity contribution in [3.8, 4) is 34.1 Å². The maximum atomic E-state index is 12.4. The highest BCUT2D eigenvalue weighted by molar-refractivity contribution is 5.82. The van der Waals surface area contributed by atoms with Crippen LogP contribution < -0.4 is 14.2 Å². The summed E-state index contributed by atoms with van der Waals surface area (Å²) in [6.45, 7) is -0.597. The van der Waals surface area contributed by atoms with Gasteiger partial charge in [0.05, 0.1) is 20.8 Å². The lowest BCUT2D eigenvalue weighted by Gasteiger charge is -2.40. The van der Waals surface area contributed by atoms with E-state index in [4.69, 9.17) is 18.9 Å². The van der Waals surface area contributed by atoms with Crippen LogP contribution in [0.4, 0.5) is 0 Å². The topological polar surface area (TPSA) is 155 Å². The monoisotopic (exact) mass is 518 g/mol. The first-order chi connectivity index (χ1) is 17.8. The first kappa shape index (κ1) is 27.2. The Balaban J connectivity index is 1.85. The van der Waals surface area contributed by atoms with E-state index in [1.807, 2.05) is 6.07 Å². The van der Waals surface area contributed by atoms with Gasteiger partial charge < -0.3 is 44.5 Å². The predicted molar refractivity (Wildman–Crippen MR) is 132 cm³/mol. The van der Waals surface area contributed by atoms with Crippen molar-refractivity contribution < 1.29 is 49.3 Å². The minimum Gasteiger partial charge on any atom is -0.507 e. The highest BCUT2D eigenvalue weighted by Gasteiger charge is 2.45. The van der Waals surface area contributed by atoms with E-state index < -0.39 is 37.3 Å². The number of ketones is 1. The number of hydrogen-bond donors (Lipinski definition) is 5. The van der Waals surface area contributed by atoms with Crippen molar-refractivity contribution in [3.63, 3.8) is 0 Å². The van der Waals surface area contributed by atoms with Gasteiger partial charge in [-0.3, -0.25) is 4.79 Å². The zero-order valence-corrected chi connectivity index (χ0v) is 20.9.